The van der Waals surface area contributed by atoms with Gasteiger partial charge in [-0.05, 0) is 18.6 Å². The van der Waals surface area contributed by atoms with E-state index < -0.39 is 4.92 Å². The molecule has 1 heterocycles. The molecule has 0 bridgehead atoms. The molecule has 1 aliphatic rings. The highest BCUT2D eigenvalue weighted by Crippen LogP contribution is 2.27. The lowest BCUT2D eigenvalue weighted by atomic mass is 10.1. The van der Waals surface area contributed by atoms with Crippen molar-refractivity contribution in [1.29, 1.82) is 0 Å². The minimum absolute atomic E-state index is 0.0239. The van der Waals surface area contributed by atoms with Gasteiger partial charge in [-0.3, -0.25) is 14.9 Å². The molecule has 0 aliphatic carbocycles. The van der Waals surface area contributed by atoms with E-state index in [2.05, 4.69) is 5.32 Å². The summed E-state index contributed by atoms with van der Waals surface area (Å²) in [6.45, 7) is 1.99. The van der Waals surface area contributed by atoms with Crippen molar-refractivity contribution in [2.45, 2.75) is 6.42 Å². The number of nitrogens with one attached hydrogen (secondary N) is 1. The van der Waals surface area contributed by atoms with Gasteiger partial charge < -0.3 is 15.0 Å². The number of hydrogen-bond acceptors (Lipinski definition) is 5. The Hall–Kier alpha value is -2.15. The molecule has 1 amide bonds. The minimum atomic E-state index is -0.447. The lowest BCUT2D eigenvalue weighted by Crippen LogP contribution is -2.22. The van der Waals surface area contributed by atoms with Gasteiger partial charge >= 0.3 is 0 Å². The third-order valence-corrected chi connectivity index (χ3v) is 3.45. The number of rotatable bonds is 5. The molecule has 1 atom stereocenters. The summed E-state index contributed by atoms with van der Waals surface area (Å²) >= 11 is 0. The van der Waals surface area contributed by atoms with Crippen molar-refractivity contribution in [2.24, 2.45) is 5.92 Å². The number of benzene rings is 1. The van der Waals surface area contributed by atoms with Gasteiger partial charge in [0.25, 0.3) is 11.6 Å². The smallest absolute Gasteiger partial charge is 0.292 e. The summed E-state index contributed by atoms with van der Waals surface area (Å²) in [5.74, 6) is 0.162. The first-order chi connectivity index (χ1) is 9.99. The van der Waals surface area contributed by atoms with Gasteiger partial charge in [-0.15, -0.1) is 0 Å². The number of carbonyl (C=O) groups is 1. The largest absolute Gasteiger partial charge is 0.381 e. The molecule has 21 heavy (non-hydrogen) atoms. The number of anilines is 1. The first-order valence-electron chi connectivity index (χ1n) is 6.80. The zero-order valence-electron chi connectivity index (χ0n) is 12.2. The lowest BCUT2D eigenvalue weighted by Gasteiger charge is -2.14. The van der Waals surface area contributed by atoms with Gasteiger partial charge in [-0.25, -0.2) is 0 Å². The summed E-state index contributed by atoms with van der Waals surface area (Å²) in [5.41, 5.74) is 0.777. The van der Waals surface area contributed by atoms with E-state index >= 15 is 0 Å². The van der Waals surface area contributed by atoms with E-state index in [4.69, 9.17) is 4.74 Å². The quantitative estimate of drug-likeness (QED) is 0.660. The van der Waals surface area contributed by atoms with Crippen molar-refractivity contribution in [3.05, 3.63) is 33.9 Å². The van der Waals surface area contributed by atoms with Gasteiger partial charge in [0.1, 0.15) is 5.69 Å². The van der Waals surface area contributed by atoms with Gasteiger partial charge in [0, 0.05) is 44.8 Å². The SMILES string of the molecule is CN(C)C(=O)c1ccc([N+](=O)[O-])c(NCC2CCOC2)c1. The standard InChI is InChI=1S/C14H19N3O4/c1-16(2)14(18)11-3-4-13(17(19)20)12(7-11)15-8-10-5-6-21-9-10/h3-4,7,10,15H,5-6,8-9H2,1-2H3. The summed E-state index contributed by atoms with van der Waals surface area (Å²) in [6.07, 6.45) is 0.942. The second-order valence-electron chi connectivity index (χ2n) is 5.30. The molecule has 1 aromatic rings. The van der Waals surface area contributed by atoms with Crippen LogP contribution in [0.25, 0.3) is 0 Å². The predicted molar refractivity (Wildman–Crippen MR) is 78.5 cm³/mol. The fourth-order valence-corrected chi connectivity index (χ4v) is 2.23. The highest BCUT2D eigenvalue weighted by Gasteiger charge is 2.20. The Morgan fingerprint density at radius 3 is 2.86 bits per heavy atom. The van der Waals surface area contributed by atoms with Crippen molar-refractivity contribution in [3.8, 4) is 0 Å². The molecular weight excluding hydrogens is 274 g/mol. The molecule has 0 saturated carbocycles. The third kappa shape index (κ3) is 3.69. The third-order valence-electron chi connectivity index (χ3n) is 3.45. The molecule has 0 radical (unpaired) electrons. The highest BCUT2D eigenvalue weighted by molar-refractivity contribution is 5.95. The minimum Gasteiger partial charge on any atom is -0.381 e. The first-order valence-corrected chi connectivity index (χ1v) is 6.80. The number of nitrogens with zero attached hydrogens (tertiary/aromatic N) is 2. The maximum absolute atomic E-state index is 11.9. The highest BCUT2D eigenvalue weighted by atomic mass is 16.6. The summed E-state index contributed by atoms with van der Waals surface area (Å²) in [5, 5.41) is 14.2. The molecule has 1 fully saturated rings. The Balaban J connectivity index is 2.19. The molecule has 0 aromatic heterocycles. The maximum atomic E-state index is 11.9. The van der Waals surface area contributed by atoms with Gasteiger partial charge in [-0.1, -0.05) is 0 Å². The van der Waals surface area contributed by atoms with Crippen LogP contribution in [0.5, 0.6) is 0 Å². The molecule has 2 rings (SSSR count). The summed E-state index contributed by atoms with van der Waals surface area (Å²) in [6, 6.07) is 4.38. The zero-order valence-corrected chi connectivity index (χ0v) is 12.2. The number of nitro benzene ring substituents is 1. The monoisotopic (exact) mass is 293 g/mol. The van der Waals surface area contributed by atoms with E-state index in [-0.39, 0.29) is 11.6 Å². The van der Waals surface area contributed by atoms with Crippen LogP contribution in [0.1, 0.15) is 16.8 Å². The molecule has 1 unspecified atom stereocenters. The normalized spacial score (nSPS) is 17.5. The van der Waals surface area contributed by atoms with E-state index in [0.717, 1.165) is 13.0 Å². The van der Waals surface area contributed by atoms with Crippen molar-refractivity contribution < 1.29 is 14.5 Å². The van der Waals surface area contributed by atoms with Crippen molar-refractivity contribution in [3.63, 3.8) is 0 Å². The molecule has 114 valence electrons. The molecule has 1 saturated heterocycles. The van der Waals surface area contributed by atoms with Gasteiger partial charge in [0.15, 0.2) is 0 Å². The Morgan fingerprint density at radius 1 is 1.52 bits per heavy atom. The lowest BCUT2D eigenvalue weighted by molar-refractivity contribution is -0.384. The van der Waals surface area contributed by atoms with E-state index in [1.54, 1.807) is 14.1 Å². The van der Waals surface area contributed by atoms with Crippen LogP contribution in [0, 0.1) is 16.0 Å². The molecule has 7 nitrogen and oxygen atoms in total. The second kappa shape index (κ2) is 6.53. The number of carbonyl (C=O) groups excluding carboxylic acids is 1. The number of nitro groups is 1. The van der Waals surface area contributed by atoms with E-state index in [1.165, 1.54) is 23.1 Å². The Morgan fingerprint density at radius 2 is 2.29 bits per heavy atom. The van der Waals surface area contributed by atoms with Crippen molar-refractivity contribution in [1.82, 2.24) is 4.90 Å². The Kier molecular flexibility index (Phi) is 4.74. The van der Waals surface area contributed by atoms with Gasteiger partial charge in [0.2, 0.25) is 0 Å². The number of amides is 1. The van der Waals surface area contributed by atoms with Crippen LogP contribution < -0.4 is 5.32 Å². The fourth-order valence-electron chi connectivity index (χ4n) is 2.23. The summed E-state index contributed by atoms with van der Waals surface area (Å²) in [7, 11) is 3.29. The number of hydrogen-bond donors (Lipinski definition) is 1. The second-order valence-corrected chi connectivity index (χ2v) is 5.30. The maximum Gasteiger partial charge on any atom is 0.292 e. The Labute approximate surface area is 123 Å². The van der Waals surface area contributed by atoms with Crippen LogP contribution in [-0.4, -0.2) is 49.6 Å². The predicted octanol–water partition coefficient (Wildman–Crippen LogP) is 1.74. The van der Waals surface area contributed by atoms with Crippen molar-refractivity contribution in [2.75, 3.05) is 39.2 Å². The topological polar surface area (TPSA) is 84.7 Å². The fraction of sp³-hybridized carbons (Fsp3) is 0.500. The van der Waals surface area contributed by atoms with Crippen LogP contribution in [0.3, 0.4) is 0 Å². The first kappa shape index (κ1) is 15.2. The van der Waals surface area contributed by atoms with Crippen LogP contribution in [0.15, 0.2) is 18.2 Å². The summed E-state index contributed by atoms with van der Waals surface area (Å²) < 4.78 is 5.28. The molecule has 0 spiro atoms. The van der Waals surface area contributed by atoms with Gasteiger partial charge in [-0.2, -0.15) is 0 Å². The average molecular weight is 293 g/mol. The van der Waals surface area contributed by atoms with Crippen LogP contribution in [-0.2, 0) is 4.74 Å². The summed E-state index contributed by atoms with van der Waals surface area (Å²) in [4.78, 5) is 24.0. The number of ether oxygens (including phenoxy) is 1. The zero-order chi connectivity index (χ0) is 15.4. The molecule has 1 aromatic carbocycles. The van der Waals surface area contributed by atoms with Crippen LogP contribution >= 0.6 is 0 Å². The molecule has 1 aliphatic heterocycles. The van der Waals surface area contributed by atoms with Crippen LogP contribution in [0.4, 0.5) is 11.4 Å². The van der Waals surface area contributed by atoms with E-state index in [1.807, 2.05) is 0 Å². The van der Waals surface area contributed by atoms with Gasteiger partial charge in [0.05, 0.1) is 11.5 Å². The molecular formula is C14H19N3O4. The Bertz CT molecular complexity index is 539. The van der Waals surface area contributed by atoms with E-state index in [0.29, 0.717) is 30.3 Å². The molecule has 7 heteroatoms. The van der Waals surface area contributed by atoms with E-state index in [9.17, 15) is 14.9 Å². The average Bonchev–Trinajstić information content (AvgIpc) is 2.97. The van der Waals surface area contributed by atoms with Crippen LogP contribution in [0.2, 0.25) is 0 Å². The van der Waals surface area contributed by atoms with Crippen molar-refractivity contribution >= 4 is 17.3 Å². The molecule has 1 N–H and O–H groups in total.